The molecule has 0 fully saturated rings. The highest BCUT2D eigenvalue weighted by Gasteiger charge is 2.14. The molecule has 0 saturated carbocycles. The van der Waals surface area contributed by atoms with Crippen LogP contribution in [0.25, 0.3) is 10.6 Å². The number of hydrogen-bond donors (Lipinski definition) is 0. The SMILES string of the molecule is CC(c1ccc(F)cc1)N(C)Cc1csc(-c2ccoc2)n1. The third-order valence-corrected chi connectivity index (χ3v) is 4.69. The zero-order valence-corrected chi connectivity index (χ0v) is 13.3. The topological polar surface area (TPSA) is 29.3 Å². The van der Waals surface area contributed by atoms with E-state index in [1.54, 1.807) is 23.9 Å². The van der Waals surface area contributed by atoms with Crippen molar-refractivity contribution in [2.75, 3.05) is 7.05 Å². The van der Waals surface area contributed by atoms with Crippen LogP contribution in [0.1, 0.15) is 24.2 Å². The summed E-state index contributed by atoms with van der Waals surface area (Å²) in [6.07, 6.45) is 3.35. The van der Waals surface area contributed by atoms with Gasteiger partial charge in [0.15, 0.2) is 0 Å². The number of benzene rings is 1. The quantitative estimate of drug-likeness (QED) is 0.681. The van der Waals surface area contributed by atoms with E-state index in [2.05, 4.69) is 22.2 Å². The second-order valence-electron chi connectivity index (χ2n) is 5.30. The van der Waals surface area contributed by atoms with Crippen LogP contribution < -0.4 is 0 Å². The Hall–Kier alpha value is -1.98. The molecule has 1 aromatic carbocycles. The van der Waals surface area contributed by atoms with Crippen molar-refractivity contribution >= 4 is 11.3 Å². The summed E-state index contributed by atoms with van der Waals surface area (Å²) in [4.78, 5) is 6.84. The molecule has 114 valence electrons. The lowest BCUT2D eigenvalue weighted by molar-refractivity contribution is 0.250. The molecule has 0 N–H and O–H groups in total. The largest absolute Gasteiger partial charge is 0.472 e. The Morgan fingerprint density at radius 2 is 2.05 bits per heavy atom. The van der Waals surface area contributed by atoms with Crippen LogP contribution in [0.3, 0.4) is 0 Å². The molecule has 0 aliphatic heterocycles. The van der Waals surface area contributed by atoms with E-state index in [9.17, 15) is 4.39 Å². The number of thiazole rings is 1. The maximum Gasteiger partial charge on any atom is 0.126 e. The van der Waals surface area contributed by atoms with Gasteiger partial charge in [0.25, 0.3) is 0 Å². The fourth-order valence-corrected chi connectivity index (χ4v) is 3.08. The third kappa shape index (κ3) is 3.26. The van der Waals surface area contributed by atoms with E-state index >= 15 is 0 Å². The summed E-state index contributed by atoms with van der Waals surface area (Å²) in [5.41, 5.74) is 3.12. The molecule has 0 saturated heterocycles. The van der Waals surface area contributed by atoms with Gasteiger partial charge in [-0.25, -0.2) is 9.37 Å². The Bertz CT molecular complexity index is 721. The van der Waals surface area contributed by atoms with Crippen molar-refractivity contribution in [1.29, 1.82) is 0 Å². The first-order valence-corrected chi connectivity index (χ1v) is 7.94. The van der Waals surface area contributed by atoms with Crippen molar-refractivity contribution in [3.63, 3.8) is 0 Å². The number of halogens is 1. The Labute approximate surface area is 133 Å². The monoisotopic (exact) mass is 316 g/mol. The highest BCUT2D eigenvalue weighted by atomic mass is 32.1. The number of aromatic nitrogens is 1. The second kappa shape index (κ2) is 6.42. The van der Waals surface area contributed by atoms with Crippen LogP contribution in [-0.4, -0.2) is 16.9 Å². The van der Waals surface area contributed by atoms with Crippen molar-refractivity contribution in [1.82, 2.24) is 9.88 Å². The molecule has 2 aromatic heterocycles. The van der Waals surface area contributed by atoms with Crippen molar-refractivity contribution in [2.24, 2.45) is 0 Å². The molecule has 0 radical (unpaired) electrons. The molecule has 5 heteroatoms. The first kappa shape index (κ1) is 14.9. The molecular weight excluding hydrogens is 299 g/mol. The average Bonchev–Trinajstić information content (AvgIpc) is 3.18. The van der Waals surface area contributed by atoms with Crippen LogP contribution in [0, 0.1) is 5.82 Å². The van der Waals surface area contributed by atoms with Gasteiger partial charge in [-0.15, -0.1) is 11.3 Å². The predicted molar refractivity (Wildman–Crippen MR) is 86.1 cm³/mol. The van der Waals surface area contributed by atoms with Crippen molar-refractivity contribution in [3.8, 4) is 10.6 Å². The van der Waals surface area contributed by atoms with Crippen molar-refractivity contribution in [2.45, 2.75) is 19.5 Å². The summed E-state index contributed by atoms with van der Waals surface area (Å²) in [5, 5.41) is 3.03. The highest BCUT2D eigenvalue weighted by molar-refractivity contribution is 7.13. The van der Waals surface area contributed by atoms with E-state index < -0.39 is 0 Å². The van der Waals surface area contributed by atoms with Crippen molar-refractivity contribution in [3.05, 3.63) is 65.3 Å². The van der Waals surface area contributed by atoms with Gasteiger partial charge in [-0.1, -0.05) is 12.1 Å². The van der Waals surface area contributed by atoms with Crippen LogP contribution >= 0.6 is 11.3 Å². The van der Waals surface area contributed by atoms with E-state index in [4.69, 9.17) is 4.42 Å². The maximum absolute atomic E-state index is 13.0. The van der Waals surface area contributed by atoms with E-state index in [1.165, 1.54) is 12.1 Å². The number of rotatable bonds is 5. The van der Waals surface area contributed by atoms with E-state index in [0.717, 1.165) is 28.4 Å². The molecule has 3 nitrogen and oxygen atoms in total. The molecule has 3 aromatic rings. The summed E-state index contributed by atoms with van der Waals surface area (Å²) in [6.45, 7) is 2.85. The average molecular weight is 316 g/mol. The van der Waals surface area contributed by atoms with Crippen LogP contribution in [-0.2, 0) is 6.54 Å². The smallest absolute Gasteiger partial charge is 0.126 e. The molecule has 0 bridgehead atoms. The molecule has 3 rings (SSSR count). The summed E-state index contributed by atoms with van der Waals surface area (Å²) >= 11 is 1.61. The minimum Gasteiger partial charge on any atom is -0.472 e. The van der Waals surface area contributed by atoms with E-state index in [0.29, 0.717) is 0 Å². The molecule has 1 atom stereocenters. The molecule has 22 heavy (non-hydrogen) atoms. The lowest BCUT2D eigenvalue weighted by Gasteiger charge is -2.24. The van der Waals surface area contributed by atoms with Gasteiger partial charge in [0.1, 0.15) is 17.1 Å². The minimum atomic E-state index is -0.206. The van der Waals surface area contributed by atoms with Crippen LogP contribution in [0.4, 0.5) is 4.39 Å². The summed E-state index contributed by atoms with van der Waals surface area (Å²) in [7, 11) is 2.05. The molecule has 0 spiro atoms. The zero-order chi connectivity index (χ0) is 15.5. The van der Waals surface area contributed by atoms with Gasteiger partial charge in [-0.05, 0) is 37.7 Å². The summed E-state index contributed by atoms with van der Waals surface area (Å²) in [6, 6.07) is 8.76. The van der Waals surface area contributed by atoms with Crippen LogP contribution in [0.15, 0.2) is 52.7 Å². The fourth-order valence-electron chi connectivity index (χ4n) is 2.29. The maximum atomic E-state index is 13.0. The van der Waals surface area contributed by atoms with Crippen LogP contribution in [0.5, 0.6) is 0 Å². The lowest BCUT2D eigenvalue weighted by Crippen LogP contribution is -2.22. The van der Waals surface area contributed by atoms with Gasteiger partial charge in [0.2, 0.25) is 0 Å². The van der Waals surface area contributed by atoms with Crippen molar-refractivity contribution < 1.29 is 8.81 Å². The molecule has 0 amide bonds. The molecule has 0 aliphatic rings. The molecular formula is C17H17FN2OS. The van der Waals surface area contributed by atoms with Gasteiger partial charge in [0, 0.05) is 23.5 Å². The molecule has 0 aliphatic carbocycles. The summed E-state index contributed by atoms with van der Waals surface area (Å²) < 4.78 is 18.1. The number of hydrogen-bond acceptors (Lipinski definition) is 4. The van der Waals surface area contributed by atoms with Gasteiger partial charge < -0.3 is 4.42 Å². The van der Waals surface area contributed by atoms with Gasteiger partial charge >= 0.3 is 0 Å². The Morgan fingerprint density at radius 1 is 1.27 bits per heavy atom. The molecule has 2 heterocycles. The summed E-state index contributed by atoms with van der Waals surface area (Å²) in [5.74, 6) is -0.206. The zero-order valence-electron chi connectivity index (χ0n) is 12.5. The van der Waals surface area contributed by atoms with Gasteiger partial charge in [0.05, 0.1) is 12.0 Å². The van der Waals surface area contributed by atoms with Gasteiger partial charge in [-0.3, -0.25) is 4.90 Å². The van der Waals surface area contributed by atoms with E-state index in [1.807, 2.05) is 25.2 Å². The van der Waals surface area contributed by atoms with E-state index in [-0.39, 0.29) is 11.9 Å². The Kier molecular flexibility index (Phi) is 4.36. The number of furan rings is 1. The number of nitrogens with zero attached hydrogens (tertiary/aromatic N) is 2. The first-order valence-electron chi connectivity index (χ1n) is 7.06. The third-order valence-electron chi connectivity index (χ3n) is 3.74. The first-order chi connectivity index (χ1) is 10.6. The highest BCUT2D eigenvalue weighted by Crippen LogP contribution is 2.26. The Morgan fingerprint density at radius 3 is 2.73 bits per heavy atom. The standard InChI is InChI=1S/C17H17FN2OS/c1-12(13-3-5-15(18)6-4-13)20(2)9-16-11-22-17(19-16)14-7-8-21-10-14/h3-8,10-12H,9H2,1-2H3. The fraction of sp³-hybridized carbons (Fsp3) is 0.235. The Balaban J connectivity index is 1.68. The van der Waals surface area contributed by atoms with Gasteiger partial charge in [-0.2, -0.15) is 0 Å². The normalized spacial score (nSPS) is 12.7. The lowest BCUT2D eigenvalue weighted by atomic mass is 10.1. The molecule has 1 unspecified atom stereocenters. The van der Waals surface area contributed by atoms with Crippen LogP contribution in [0.2, 0.25) is 0 Å². The minimum absolute atomic E-state index is 0.194. The predicted octanol–water partition coefficient (Wildman–Crippen LogP) is 4.74. The second-order valence-corrected chi connectivity index (χ2v) is 6.16.